The van der Waals surface area contributed by atoms with E-state index < -0.39 is 23.9 Å². The molecular weight excluding hydrogens is 294 g/mol. The molecule has 2 bridgehead atoms. The van der Waals surface area contributed by atoms with Crippen molar-refractivity contribution in [3.05, 3.63) is 35.9 Å². The van der Waals surface area contributed by atoms with Crippen molar-refractivity contribution in [1.82, 2.24) is 4.90 Å². The third-order valence-electron chi connectivity index (χ3n) is 5.29. The van der Waals surface area contributed by atoms with Crippen LogP contribution in [-0.4, -0.2) is 53.6 Å². The fourth-order valence-electron chi connectivity index (χ4n) is 4.20. The van der Waals surface area contributed by atoms with Crippen LogP contribution in [0.3, 0.4) is 0 Å². The van der Waals surface area contributed by atoms with Gasteiger partial charge in [-0.15, -0.1) is 0 Å². The molecule has 2 heterocycles. The van der Waals surface area contributed by atoms with Gasteiger partial charge in [-0.25, -0.2) is 0 Å². The first kappa shape index (κ1) is 16.1. The maximum atomic E-state index is 12.9. The van der Waals surface area contributed by atoms with E-state index in [9.17, 15) is 14.7 Å². The molecule has 2 fully saturated rings. The van der Waals surface area contributed by atoms with Gasteiger partial charge in [-0.3, -0.25) is 14.5 Å². The van der Waals surface area contributed by atoms with Crippen LogP contribution in [0.2, 0.25) is 0 Å². The molecule has 124 valence electrons. The van der Waals surface area contributed by atoms with Gasteiger partial charge in [-0.05, 0) is 26.8 Å². The summed E-state index contributed by atoms with van der Waals surface area (Å²) in [4.78, 5) is 27.3. The van der Waals surface area contributed by atoms with Gasteiger partial charge < -0.3 is 9.84 Å². The Morgan fingerprint density at radius 2 is 1.78 bits per heavy atom. The fourth-order valence-corrected chi connectivity index (χ4v) is 4.20. The summed E-state index contributed by atoms with van der Waals surface area (Å²) < 4.78 is 5.15. The Labute approximate surface area is 136 Å². The largest absolute Gasteiger partial charge is 0.466 e. The number of ether oxygens (including phenoxy) is 1. The summed E-state index contributed by atoms with van der Waals surface area (Å²) in [6.45, 7) is 2.03. The molecule has 0 radical (unpaired) electrons. The lowest BCUT2D eigenvalue weighted by molar-refractivity contribution is -0.160. The van der Waals surface area contributed by atoms with Gasteiger partial charge in [0.15, 0.2) is 5.78 Å². The predicted molar refractivity (Wildman–Crippen MR) is 85.0 cm³/mol. The third kappa shape index (κ3) is 2.68. The molecule has 23 heavy (non-hydrogen) atoms. The second-order valence-electron chi connectivity index (χ2n) is 6.40. The van der Waals surface area contributed by atoms with Crippen LogP contribution in [-0.2, 0) is 9.53 Å². The van der Waals surface area contributed by atoms with Crippen molar-refractivity contribution in [2.45, 2.75) is 38.0 Å². The first-order valence-corrected chi connectivity index (χ1v) is 8.22. The Balaban J connectivity index is 1.93. The van der Waals surface area contributed by atoms with Gasteiger partial charge in [0.25, 0.3) is 0 Å². The van der Waals surface area contributed by atoms with Crippen molar-refractivity contribution in [1.29, 1.82) is 0 Å². The summed E-state index contributed by atoms with van der Waals surface area (Å²) in [5.74, 6) is -1.74. The average Bonchev–Trinajstić information content (AvgIpc) is 2.82. The van der Waals surface area contributed by atoms with Gasteiger partial charge in [0, 0.05) is 17.6 Å². The van der Waals surface area contributed by atoms with Crippen molar-refractivity contribution in [3.8, 4) is 0 Å². The zero-order valence-corrected chi connectivity index (χ0v) is 13.5. The van der Waals surface area contributed by atoms with Gasteiger partial charge in [-0.1, -0.05) is 30.3 Å². The quantitative estimate of drug-likeness (QED) is 0.673. The van der Waals surface area contributed by atoms with Crippen molar-refractivity contribution >= 4 is 11.8 Å². The van der Waals surface area contributed by atoms with E-state index in [1.807, 2.05) is 25.2 Å². The molecule has 3 rings (SSSR count). The standard InChI is InChI=1S/C18H23NO4/c1-3-23-18(22)15-13-10-9-12(19(13)2)14(17(15)21)16(20)11-7-5-4-6-8-11/h4-8,12-15,17,21H,3,9-10H2,1-2H3/t12-,13+,14?,15+,17-/m0/s1. The molecule has 1 aromatic rings. The van der Waals surface area contributed by atoms with E-state index in [1.165, 1.54) is 0 Å². The number of ketones is 1. The number of rotatable bonds is 4. The third-order valence-corrected chi connectivity index (χ3v) is 5.29. The molecule has 0 aromatic heterocycles. The molecular formula is C18H23NO4. The topological polar surface area (TPSA) is 66.8 Å². The zero-order valence-electron chi connectivity index (χ0n) is 13.5. The number of nitrogens with zero attached hydrogens (tertiary/aromatic N) is 1. The van der Waals surface area contributed by atoms with Crippen LogP contribution in [0.4, 0.5) is 0 Å². The smallest absolute Gasteiger partial charge is 0.313 e. The van der Waals surface area contributed by atoms with Crippen LogP contribution in [0.1, 0.15) is 30.1 Å². The van der Waals surface area contributed by atoms with Gasteiger partial charge in [-0.2, -0.15) is 0 Å². The molecule has 0 spiro atoms. The number of aliphatic hydroxyl groups is 1. The second-order valence-corrected chi connectivity index (χ2v) is 6.40. The highest BCUT2D eigenvalue weighted by Gasteiger charge is 2.56. The van der Waals surface area contributed by atoms with Crippen molar-refractivity contribution < 1.29 is 19.4 Å². The highest BCUT2D eigenvalue weighted by atomic mass is 16.5. The number of Topliss-reactive ketones (excluding diaryl/α,β-unsaturated/α-hetero) is 1. The summed E-state index contributed by atoms with van der Waals surface area (Å²) in [6.07, 6.45) is 0.632. The second kappa shape index (κ2) is 6.42. The van der Waals surface area contributed by atoms with E-state index in [1.54, 1.807) is 19.1 Å². The van der Waals surface area contributed by atoms with Crippen molar-refractivity contribution in [3.63, 3.8) is 0 Å². The first-order valence-electron chi connectivity index (χ1n) is 8.22. The summed E-state index contributed by atoms with van der Waals surface area (Å²) in [6, 6.07) is 8.93. The number of carbonyl (C=O) groups excluding carboxylic acids is 2. The van der Waals surface area contributed by atoms with E-state index in [4.69, 9.17) is 4.74 Å². The molecule has 5 heteroatoms. The van der Waals surface area contributed by atoms with Crippen LogP contribution < -0.4 is 0 Å². The van der Waals surface area contributed by atoms with Gasteiger partial charge in [0.05, 0.1) is 24.5 Å². The number of hydrogen-bond donors (Lipinski definition) is 1. The number of fused-ring (bicyclic) bond motifs is 2. The Morgan fingerprint density at radius 1 is 1.17 bits per heavy atom. The maximum Gasteiger partial charge on any atom is 0.313 e. The summed E-state index contributed by atoms with van der Waals surface area (Å²) in [5.41, 5.74) is 0.581. The Hall–Kier alpha value is -1.72. The maximum absolute atomic E-state index is 12.9. The first-order chi connectivity index (χ1) is 11.1. The molecule has 5 nitrogen and oxygen atoms in total. The number of carbonyl (C=O) groups is 2. The lowest BCUT2D eigenvalue weighted by Gasteiger charge is -2.44. The van der Waals surface area contributed by atoms with E-state index in [0.717, 1.165) is 12.8 Å². The van der Waals surface area contributed by atoms with Crippen LogP contribution in [0.15, 0.2) is 30.3 Å². The number of benzene rings is 1. The van der Waals surface area contributed by atoms with Crippen LogP contribution in [0, 0.1) is 11.8 Å². The molecule has 1 unspecified atom stereocenters. The minimum Gasteiger partial charge on any atom is -0.466 e. The monoisotopic (exact) mass is 317 g/mol. The fraction of sp³-hybridized carbons (Fsp3) is 0.556. The number of esters is 1. The molecule has 1 aromatic carbocycles. The normalized spacial score (nSPS) is 33.4. The number of hydrogen-bond acceptors (Lipinski definition) is 5. The van der Waals surface area contributed by atoms with Crippen LogP contribution in [0.5, 0.6) is 0 Å². The van der Waals surface area contributed by atoms with Crippen LogP contribution >= 0.6 is 0 Å². The molecule has 0 aliphatic carbocycles. The number of aliphatic hydroxyl groups excluding tert-OH is 1. The lowest BCUT2D eigenvalue weighted by atomic mass is 9.76. The van der Waals surface area contributed by atoms with Gasteiger partial charge >= 0.3 is 5.97 Å². The molecule has 2 aliphatic rings. The minimum atomic E-state index is -0.990. The summed E-state index contributed by atoms with van der Waals surface area (Å²) in [5, 5.41) is 10.8. The molecule has 1 N–H and O–H groups in total. The summed E-state index contributed by atoms with van der Waals surface area (Å²) in [7, 11) is 1.94. The van der Waals surface area contributed by atoms with E-state index >= 15 is 0 Å². The average molecular weight is 317 g/mol. The Bertz CT molecular complexity index is 588. The van der Waals surface area contributed by atoms with Gasteiger partial charge in [0.1, 0.15) is 0 Å². The molecule has 2 aliphatic heterocycles. The molecule has 0 amide bonds. The van der Waals surface area contributed by atoms with E-state index in [2.05, 4.69) is 4.90 Å². The SMILES string of the molecule is CCOC(=O)[C@@H]1[C@H]2CC[C@@H](C(C(=O)c3ccccc3)[C@@H]1O)N2C. The summed E-state index contributed by atoms with van der Waals surface area (Å²) >= 11 is 0. The Morgan fingerprint density at radius 3 is 2.39 bits per heavy atom. The van der Waals surface area contributed by atoms with Crippen molar-refractivity contribution in [2.24, 2.45) is 11.8 Å². The Kier molecular flexibility index (Phi) is 4.50. The predicted octanol–water partition coefficient (Wildman–Crippen LogP) is 1.50. The molecule has 5 atom stereocenters. The molecule has 2 saturated heterocycles. The van der Waals surface area contributed by atoms with E-state index in [-0.39, 0.29) is 24.5 Å². The lowest BCUT2D eigenvalue weighted by Crippen LogP contribution is -2.59. The highest BCUT2D eigenvalue weighted by molar-refractivity contribution is 5.99. The van der Waals surface area contributed by atoms with Crippen LogP contribution in [0.25, 0.3) is 0 Å². The molecule has 0 saturated carbocycles. The minimum absolute atomic E-state index is 0.0200. The number of piperidine rings is 1. The van der Waals surface area contributed by atoms with Crippen molar-refractivity contribution in [2.75, 3.05) is 13.7 Å². The zero-order chi connectivity index (χ0) is 16.6. The van der Waals surface area contributed by atoms with E-state index in [0.29, 0.717) is 5.56 Å². The highest BCUT2D eigenvalue weighted by Crippen LogP contribution is 2.43. The van der Waals surface area contributed by atoms with Gasteiger partial charge in [0.2, 0.25) is 0 Å².